The van der Waals surface area contributed by atoms with Gasteiger partial charge in [0.2, 0.25) is 0 Å². The molecule has 3 nitrogen and oxygen atoms in total. The molecule has 18 heavy (non-hydrogen) atoms. The van der Waals surface area contributed by atoms with E-state index in [9.17, 15) is 4.79 Å². The fourth-order valence-corrected chi connectivity index (χ4v) is 2.53. The molecule has 0 heterocycles. The first-order valence-electron chi connectivity index (χ1n) is 7.03. The fourth-order valence-electron chi connectivity index (χ4n) is 2.53. The van der Waals surface area contributed by atoms with Crippen LogP contribution in [0.15, 0.2) is 12.7 Å². The van der Waals surface area contributed by atoms with Crippen molar-refractivity contribution in [3.8, 4) is 0 Å². The number of carbonyl (C=O) groups is 1. The Kier molecular flexibility index (Phi) is 5.70. The van der Waals surface area contributed by atoms with E-state index >= 15 is 0 Å². The zero-order valence-electron chi connectivity index (χ0n) is 12.0. The van der Waals surface area contributed by atoms with Gasteiger partial charge in [0, 0.05) is 6.04 Å². The lowest BCUT2D eigenvalue weighted by atomic mass is 9.92. The molecule has 0 bridgehead atoms. The van der Waals surface area contributed by atoms with Crippen LogP contribution in [0.5, 0.6) is 0 Å². The first-order chi connectivity index (χ1) is 8.42. The number of alkyl carbamates (subject to hydrolysis) is 1. The quantitative estimate of drug-likeness (QED) is 0.609. The molecule has 0 aromatic carbocycles. The first kappa shape index (κ1) is 15.1. The van der Waals surface area contributed by atoms with Gasteiger partial charge in [-0.25, -0.2) is 4.79 Å². The van der Waals surface area contributed by atoms with Gasteiger partial charge in [0.15, 0.2) is 0 Å². The first-order valence-corrected chi connectivity index (χ1v) is 7.03. The molecular formula is C15H27NO2. The van der Waals surface area contributed by atoms with Crippen LogP contribution in [0.1, 0.15) is 59.3 Å². The van der Waals surface area contributed by atoms with Crippen molar-refractivity contribution in [1.29, 1.82) is 0 Å². The second kappa shape index (κ2) is 6.81. The zero-order chi connectivity index (χ0) is 13.6. The largest absolute Gasteiger partial charge is 0.444 e. The van der Waals surface area contributed by atoms with Crippen molar-refractivity contribution in [2.24, 2.45) is 5.92 Å². The minimum Gasteiger partial charge on any atom is -0.444 e. The van der Waals surface area contributed by atoms with Gasteiger partial charge in [0.05, 0.1) is 0 Å². The molecule has 1 rings (SSSR count). The SMILES string of the molecule is C=CC[C@@H]1CCCCC[C@H]1NC(=O)OC(C)(C)C. The van der Waals surface area contributed by atoms with Crippen LogP contribution in [0.2, 0.25) is 0 Å². The van der Waals surface area contributed by atoms with Gasteiger partial charge in [0.1, 0.15) is 5.60 Å². The van der Waals surface area contributed by atoms with E-state index in [0.29, 0.717) is 5.92 Å². The highest BCUT2D eigenvalue weighted by molar-refractivity contribution is 5.68. The molecule has 1 N–H and O–H groups in total. The molecule has 0 aromatic rings. The molecule has 0 aliphatic heterocycles. The van der Waals surface area contributed by atoms with E-state index in [4.69, 9.17) is 4.74 Å². The molecule has 1 fully saturated rings. The lowest BCUT2D eigenvalue weighted by Crippen LogP contribution is -2.42. The van der Waals surface area contributed by atoms with E-state index in [2.05, 4.69) is 11.9 Å². The molecule has 3 heteroatoms. The van der Waals surface area contributed by atoms with Crippen molar-refractivity contribution < 1.29 is 9.53 Å². The minimum absolute atomic E-state index is 0.236. The van der Waals surface area contributed by atoms with Gasteiger partial charge >= 0.3 is 6.09 Å². The van der Waals surface area contributed by atoms with Crippen molar-refractivity contribution in [1.82, 2.24) is 5.32 Å². The number of hydrogen-bond donors (Lipinski definition) is 1. The van der Waals surface area contributed by atoms with E-state index in [1.54, 1.807) is 0 Å². The predicted molar refractivity (Wildman–Crippen MR) is 74.5 cm³/mol. The summed E-state index contributed by atoms with van der Waals surface area (Å²) in [7, 11) is 0. The summed E-state index contributed by atoms with van der Waals surface area (Å²) < 4.78 is 5.33. The number of allylic oxidation sites excluding steroid dienone is 1. The topological polar surface area (TPSA) is 38.3 Å². The Labute approximate surface area is 111 Å². The van der Waals surface area contributed by atoms with Crippen LogP contribution < -0.4 is 5.32 Å². The number of carbonyl (C=O) groups excluding carboxylic acids is 1. The third-order valence-corrected chi connectivity index (χ3v) is 3.33. The second-order valence-corrected chi connectivity index (χ2v) is 6.18. The maximum atomic E-state index is 11.8. The van der Waals surface area contributed by atoms with E-state index in [1.807, 2.05) is 26.8 Å². The highest BCUT2D eigenvalue weighted by atomic mass is 16.6. The van der Waals surface area contributed by atoms with Gasteiger partial charge in [-0.05, 0) is 46.0 Å². The summed E-state index contributed by atoms with van der Waals surface area (Å²) in [5.74, 6) is 0.512. The summed E-state index contributed by atoms with van der Waals surface area (Å²) >= 11 is 0. The summed E-state index contributed by atoms with van der Waals surface area (Å²) in [4.78, 5) is 11.8. The van der Waals surface area contributed by atoms with Crippen LogP contribution in [0.4, 0.5) is 4.79 Å². The van der Waals surface area contributed by atoms with E-state index < -0.39 is 5.60 Å². The van der Waals surface area contributed by atoms with Gasteiger partial charge in [-0.2, -0.15) is 0 Å². The normalized spacial score (nSPS) is 25.1. The molecule has 1 aliphatic carbocycles. The monoisotopic (exact) mass is 253 g/mol. The molecule has 0 unspecified atom stereocenters. The number of nitrogens with one attached hydrogen (secondary N) is 1. The molecule has 1 amide bonds. The van der Waals surface area contributed by atoms with E-state index in [-0.39, 0.29) is 12.1 Å². The second-order valence-electron chi connectivity index (χ2n) is 6.18. The van der Waals surface area contributed by atoms with Gasteiger partial charge in [-0.15, -0.1) is 6.58 Å². The molecule has 0 radical (unpaired) electrons. The van der Waals surface area contributed by atoms with Gasteiger partial charge in [-0.1, -0.05) is 25.3 Å². The molecule has 1 saturated carbocycles. The van der Waals surface area contributed by atoms with Gasteiger partial charge in [0.25, 0.3) is 0 Å². The smallest absolute Gasteiger partial charge is 0.407 e. The van der Waals surface area contributed by atoms with Crippen molar-refractivity contribution in [2.75, 3.05) is 0 Å². The molecular weight excluding hydrogens is 226 g/mol. The Bertz CT molecular complexity index is 281. The third-order valence-electron chi connectivity index (χ3n) is 3.33. The van der Waals surface area contributed by atoms with E-state index in [1.165, 1.54) is 25.7 Å². The standard InChI is InChI=1S/C15H27NO2/c1-5-9-12-10-7-6-8-11-13(12)16-14(17)18-15(2,3)4/h5,12-13H,1,6-11H2,2-4H3,(H,16,17)/t12-,13-/m1/s1. The number of ether oxygens (including phenoxy) is 1. The molecule has 0 saturated heterocycles. The van der Waals surface area contributed by atoms with Crippen molar-refractivity contribution in [2.45, 2.75) is 70.9 Å². The third kappa shape index (κ3) is 5.56. The Hall–Kier alpha value is -0.990. The molecule has 1 aliphatic rings. The molecule has 104 valence electrons. The van der Waals surface area contributed by atoms with Crippen LogP contribution in [-0.2, 0) is 4.74 Å². The Morgan fingerprint density at radius 2 is 2.00 bits per heavy atom. The lowest BCUT2D eigenvalue weighted by molar-refractivity contribution is 0.0483. The number of amides is 1. The average molecular weight is 253 g/mol. The van der Waals surface area contributed by atoms with E-state index in [0.717, 1.165) is 12.8 Å². The summed E-state index contributed by atoms with van der Waals surface area (Å²) in [5, 5.41) is 3.04. The highest BCUT2D eigenvalue weighted by Crippen LogP contribution is 2.26. The van der Waals surface area contributed by atoms with Crippen molar-refractivity contribution in [3.63, 3.8) is 0 Å². The lowest BCUT2D eigenvalue weighted by Gasteiger charge is -2.27. The maximum Gasteiger partial charge on any atom is 0.407 e. The van der Waals surface area contributed by atoms with Crippen molar-refractivity contribution in [3.05, 3.63) is 12.7 Å². The van der Waals surface area contributed by atoms with Crippen LogP contribution in [0, 0.1) is 5.92 Å². The summed E-state index contributed by atoms with van der Waals surface area (Å²) in [6.45, 7) is 9.48. The number of rotatable bonds is 3. The summed E-state index contributed by atoms with van der Waals surface area (Å²) in [5.41, 5.74) is -0.428. The number of hydrogen-bond acceptors (Lipinski definition) is 2. The minimum atomic E-state index is -0.428. The van der Waals surface area contributed by atoms with Crippen LogP contribution in [0.25, 0.3) is 0 Å². The molecule has 0 spiro atoms. The van der Waals surface area contributed by atoms with Gasteiger partial charge in [-0.3, -0.25) is 0 Å². The Balaban J connectivity index is 2.54. The Morgan fingerprint density at radius 3 is 2.61 bits per heavy atom. The van der Waals surface area contributed by atoms with Crippen LogP contribution in [-0.4, -0.2) is 17.7 Å². The zero-order valence-corrected chi connectivity index (χ0v) is 12.0. The van der Waals surface area contributed by atoms with Crippen LogP contribution in [0.3, 0.4) is 0 Å². The molecule has 0 aromatic heterocycles. The summed E-state index contributed by atoms with van der Waals surface area (Å²) in [6, 6.07) is 0.236. The van der Waals surface area contributed by atoms with Crippen LogP contribution >= 0.6 is 0 Å². The van der Waals surface area contributed by atoms with Gasteiger partial charge < -0.3 is 10.1 Å². The average Bonchev–Trinajstić information content (AvgIpc) is 2.42. The fraction of sp³-hybridized carbons (Fsp3) is 0.800. The molecule has 2 atom stereocenters. The predicted octanol–water partition coefficient (Wildman–Crippen LogP) is 4.04. The maximum absolute atomic E-state index is 11.8. The Morgan fingerprint density at radius 1 is 1.33 bits per heavy atom. The van der Waals surface area contributed by atoms with Crippen molar-refractivity contribution >= 4 is 6.09 Å². The highest BCUT2D eigenvalue weighted by Gasteiger charge is 2.26. The summed E-state index contributed by atoms with van der Waals surface area (Å²) in [6.07, 6.45) is 8.58.